The van der Waals surface area contributed by atoms with E-state index >= 15 is 0 Å². The molecule has 1 aliphatic rings. The van der Waals surface area contributed by atoms with Crippen molar-refractivity contribution in [3.8, 4) is 0 Å². The Kier molecular flexibility index (Phi) is 4.52. The van der Waals surface area contributed by atoms with Crippen molar-refractivity contribution in [3.05, 3.63) is 11.6 Å². The van der Waals surface area contributed by atoms with E-state index in [2.05, 4.69) is 6.92 Å². The van der Waals surface area contributed by atoms with Crippen molar-refractivity contribution in [1.82, 2.24) is 4.90 Å². The number of carboxylic acid groups (broad SMARTS) is 1. The summed E-state index contributed by atoms with van der Waals surface area (Å²) in [6.07, 6.45) is 5.79. The molecular formula is C12H19NO3. The first-order valence-corrected chi connectivity index (χ1v) is 5.65. The van der Waals surface area contributed by atoms with Crippen molar-refractivity contribution >= 4 is 11.9 Å². The van der Waals surface area contributed by atoms with Gasteiger partial charge in [-0.3, -0.25) is 9.59 Å². The minimum absolute atomic E-state index is 0.202. The van der Waals surface area contributed by atoms with Gasteiger partial charge >= 0.3 is 5.97 Å². The Labute approximate surface area is 95.9 Å². The van der Waals surface area contributed by atoms with Crippen molar-refractivity contribution in [2.24, 2.45) is 5.92 Å². The number of aliphatic carboxylic acids is 1. The lowest BCUT2D eigenvalue weighted by atomic mass is 9.87. The van der Waals surface area contributed by atoms with Gasteiger partial charge in [0, 0.05) is 13.1 Å². The average Bonchev–Trinajstić information content (AvgIpc) is 2.20. The Morgan fingerprint density at radius 3 is 2.50 bits per heavy atom. The lowest BCUT2D eigenvalue weighted by Gasteiger charge is -2.20. The van der Waals surface area contributed by atoms with Crippen molar-refractivity contribution in [1.29, 1.82) is 0 Å². The lowest BCUT2D eigenvalue weighted by molar-refractivity contribution is -0.141. The molecule has 0 heterocycles. The molecule has 0 spiro atoms. The van der Waals surface area contributed by atoms with Crippen LogP contribution in [0.1, 0.15) is 32.6 Å². The Morgan fingerprint density at radius 1 is 1.44 bits per heavy atom. The Bertz CT molecular complexity index is 299. The van der Waals surface area contributed by atoms with Crippen molar-refractivity contribution in [3.63, 3.8) is 0 Å². The van der Waals surface area contributed by atoms with Gasteiger partial charge in [0.2, 0.25) is 5.91 Å². The molecule has 0 aliphatic heterocycles. The molecule has 90 valence electrons. The average molecular weight is 225 g/mol. The molecule has 4 heteroatoms. The standard InChI is InChI=1S/C12H19NO3/c1-9-3-5-10(6-4-9)7-11(14)13(2)8-12(15)16/h7,9H,3-6,8H2,1-2H3,(H,15,16). The summed E-state index contributed by atoms with van der Waals surface area (Å²) in [7, 11) is 1.51. The number of carboxylic acids is 1. The molecule has 1 saturated carbocycles. The molecule has 1 amide bonds. The summed E-state index contributed by atoms with van der Waals surface area (Å²) in [4.78, 5) is 23.3. The van der Waals surface area contributed by atoms with Crippen molar-refractivity contribution in [2.45, 2.75) is 32.6 Å². The molecule has 1 fully saturated rings. The van der Waals surface area contributed by atoms with E-state index in [9.17, 15) is 9.59 Å². The highest BCUT2D eigenvalue weighted by atomic mass is 16.4. The monoisotopic (exact) mass is 225 g/mol. The zero-order chi connectivity index (χ0) is 12.1. The summed E-state index contributed by atoms with van der Waals surface area (Å²) in [5.74, 6) is -0.442. The van der Waals surface area contributed by atoms with Crippen LogP contribution in [0.2, 0.25) is 0 Å². The molecule has 0 aromatic heterocycles. The third kappa shape index (κ3) is 4.04. The Morgan fingerprint density at radius 2 is 2.00 bits per heavy atom. The molecule has 0 bridgehead atoms. The predicted molar refractivity (Wildman–Crippen MR) is 61.0 cm³/mol. The van der Waals surface area contributed by atoms with Crippen LogP contribution in [0.4, 0.5) is 0 Å². The first kappa shape index (κ1) is 12.7. The number of carbonyl (C=O) groups is 2. The molecule has 0 radical (unpaired) electrons. The zero-order valence-corrected chi connectivity index (χ0v) is 9.90. The fraction of sp³-hybridized carbons (Fsp3) is 0.667. The highest BCUT2D eigenvalue weighted by molar-refractivity contribution is 5.90. The van der Waals surface area contributed by atoms with E-state index in [-0.39, 0.29) is 12.5 Å². The molecule has 0 aromatic carbocycles. The van der Waals surface area contributed by atoms with Crippen LogP contribution < -0.4 is 0 Å². The highest BCUT2D eigenvalue weighted by Crippen LogP contribution is 2.27. The second-order valence-corrected chi connectivity index (χ2v) is 4.57. The van der Waals surface area contributed by atoms with Crippen LogP contribution in [-0.2, 0) is 9.59 Å². The van der Waals surface area contributed by atoms with Crippen LogP contribution in [-0.4, -0.2) is 35.5 Å². The van der Waals surface area contributed by atoms with E-state index in [1.807, 2.05) is 0 Å². The maximum atomic E-state index is 11.6. The zero-order valence-electron chi connectivity index (χ0n) is 9.90. The highest BCUT2D eigenvalue weighted by Gasteiger charge is 2.15. The van der Waals surface area contributed by atoms with Gasteiger partial charge in [0.05, 0.1) is 0 Å². The van der Waals surface area contributed by atoms with E-state index in [0.29, 0.717) is 0 Å². The second-order valence-electron chi connectivity index (χ2n) is 4.57. The van der Waals surface area contributed by atoms with Gasteiger partial charge in [-0.1, -0.05) is 12.5 Å². The number of hydrogen-bond acceptors (Lipinski definition) is 2. The molecule has 16 heavy (non-hydrogen) atoms. The summed E-state index contributed by atoms with van der Waals surface area (Å²) >= 11 is 0. The van der Waals surface area contributed by atoms with Gasteiger partial charge in [-0.15, -0.1) is 0 Å². The summed E-state index contributed by atoms with van der Waals surface area (Å²) in [5.41, 5.74) is 1.15. The molecule has 1 aliphatic carbocycles. The van der Waals surface area contributed by atoms with E-state index in [0.717, 1.165) is 37.2 Å². The van der Waals surface area contributed by atoms with Gasteiger partial charge in [-0.05, 0) is 31.6 Å². The van der Waals surface area contributed by atoms with Crippen molar-refractivity contribution in [2.75, 3.05) is 13.6 Å². The van der Waals surface area contributed by atoms with E-state index in [4.69, 9.17) is 5.11 Å². The maximum absolute atomic E-state index is 11.6. The molecule has 0 aromatic rings. The summed E-state index contributed by atoms with van der Waals surface area (Å²) < 4.78 is 0. The van der Waals surface area contributed by atoms with Crippen LogP contribution in [0.25, 0.3) is 0 Å². The van der Waals surface area contributed by atoms with E-state index in [1.54, 1.807) is 6.08 Å². The maximum Gasteiger partial charge on any atom is 0.323 e. The van der Waals surface area contributed by atoms with Gasteiger partial charge in [-0.25, -0.2) is 0 Å². The van der Waals surface area contributed by atoms with E-state index < -0.39 is 5.97 Å². The molecule has 0 saturated heterocycles. The number of allylic oxidation sites excluding steroid dienone is 1. The largest absolute Gasteiger partial charge is 0.480 e. The van der Waals surface area contributed by atoms with Crippen LogP contribution >= 0.6 is 0 Å². The topological polar surface area (TPSA) is 57.6 Å². The molecular weight excluding hydrogens is 206 g/mol. The van der Waals surface area contributed by atoms with Crippen molar-refractivity contribution < 1.29 is 14.7 Å². The number of nitrogens with zero attached hydrogens (tertiary/aromatic N) is 1. The number of hydrogen-bond donors (Lipinski definition) is 1. The van der Waals surface area contributed by atoms with Crippen LogP contribution in [0.3, 0.4) is 0 Å². The predicted octanol–water partition coefficient (Wildman–Crippen LogP) is 1.67. The van der Waals surface area contributed by atoms with Gasteiger partial charge in [-0.2, -0.15) is 0 Å². The molecule has 0 atom stereocenters. The van der Waals surface area contributed by atoms with E-state index in [1.165, 1.54) is 11.9 Å². The third-order valence-corrected chi connectivity index (χ3v) is 2.99. The summed E-state index contributed by atoms with van der Waals surface area (Å²) in [6, 6.07) is 0. The number of rotatable bonds is 3. The molecule has 1 rings (SSSR count). The fourth-order valence-corrected chi connectivity index (χ4v) is 1.84. The molecule has 0 unspecified atom stereocenters. The number of likely N-dealkylation sites (N-methyl/N-ethyl adjacent to an activating group) is 1. The smallest absolute Gasteiger partial charge is 0.323 e. The van der Waals surface area contributed by atoms with Gasteiger partial charge in [0.1, 0.15) is 6.54 Å². The Hall–Kier alpha value is -1.32. The molecule has 1 N–H and O–H groups in total. The van der Waals surface area contributed by atoms with Gasteiger partial charge in [0.15, 0.2) is 0 Å². The summed E-state index contributed by atoms with van der Waals surface area (Å²) in [5, 5.41) is 8.56. The number of carbonyl (C=O) groups excluding carboxylic acids is 1. The minimum atomic E-state index is -0.980. The van der Waals surface area contributed by atoms with Gasteiger partial charge < -0.3 is 10.0 Å². The van der Waals surface area contributed by atoms with Gasteiger partial charge in [0.25, 0.3) is 0 Å². The minimum Gasteiger partial charge on any atom is -0.480 e. The SMILES string of the molecule is CC1CCC(=CC(=O)N(C)CC(=O)O)CC1. The first-order valence-electron chi connectivity index (χ1n) is 5.65. The quantitative estimate of drug-likeness (QED) is 0.743. The van der Waals surface area contributed by atoms with Crippen LogP contribution in [0, 0.1) is 5.92 Å². The summed E-state index contributed by atoms with van der Waals surface area (Å²) in [6.45, 7) is 1.98. The Balaban J connectivity index is 2.49. The van der Waals surface area contributed by atoms with Crippen LogP contribution in [0.15, 0.2) is 11.6 Å². The lowest BCUT2D eigenvalue weighted by Crippen LogP contribution is -2.30. The normalized spacial score (nSPS) is 20.4. The number of amides is 1. The second kappa shape index (κ2) is 5.68. The van der Waals surface area contributed by atoms with Crippen LogP contribution in [0.5, 0.6) is 0 Å². The molecule has 4 nitrogen and oxygen atoms in total. The first-order chi connectivity index (χ1) is 7.49. The third-order valence-electron chi connectivity index (χ3n) is 2.99. The fourth-order valence-electron chi connectivity index (χ4n) is 1.84.